The van der Waals surface area contributed by atoms with Crippen molar-refractivity contribution in [2.75, 3.05) is 11.9 Å². The normalized spacial score (nSPS) is 10.9. The van der Waals surface area contributed by atoms with Crippen LogP contribution in [-0.4, -0.2) is 24.6 Å². The molecule has 0 aliphatic rings. The zero-order chi connectivity index (χ0) is 20.5. The molecule has 2 amide bonds. The van der Waals surface area contributed by atoms with Gasteiger partial charge in [-0.15, -0.1) is 0 Å². The van der Waals surface area contributed by atoms with Crippen LogP contribution in [0.5, 0.6) is 0 Å². The van der Waals surface area contributed by atoms with Crippen LogP contribution in [0.2, 0.25) is 0 Å². The second kappa shape index (κ2) is 10.6. The summed E-state index contributed by atoms with van der Waals surface area (Å²) in [6.07, 6.45) is 2.17. The molecule has 0 aliphatic heterocycles. The van der Waals surface area contributed by atoms with Crippen LogP contribution in [0.15, 0.2) is 52.0 Å². The van der Waals surface area contributed by atoms with Gasteiger partial charge in [0.1, 0.15) is 5.82 Å². The van der Waals surface area contributed by atoms with Crippen molar-refractivity contribution >= 4 is 45.3 Å². The molecule has 0 saturated heterocycles. The number of rotatable bonds is 7. The number of hydrazone groups is 1. The Morgan fingerprint density at radius 3 is 2.61 bits per heavy atom. The molecule has 6 nitrogen and oxygen atoms in total. The molecule has 0 radical (unpaired) electrons. The number of para-hydroxylation sites is 1. The number of halogens is 2. The number of nitrogens with zero attached hydrogens (tertiary/aromatic N) is 1. The Bertz CT molecular complexity index is 871. The number of hydrogen-bond donors (Lipinski definition) is 3. The van der Waals surface area contributed by atoms with E-state index < -0.39 is 11.8 Å². The molecule has 0 atom stereocenters. The van der Waals surface area contributed by atoms with Crippen LogP contribution < -0.4 is 16.1 Å². The molecule has 0 bridgehead atoms. The summed E-state index contributed by atoms with van der Waals surface area (Å²) in [6.45, 7) is 4.48. The number of carbonyl (C=O) groups is 2. The van der Waals surface area contributed by atoms with Gasteiger partial charge in [-0.1, -0.05) is 41.9 Å². The highest BCUT2D eigenvalue weighted by atomic mass is 79.9. The Balaban J connectivity index is 2.02. The fourth-order valence-electron chi connectivity index (χ4n) is 2.23. The summed E-state index contributed by atoms with van der Waals surface area (Å²) in [5.74, 6) is -1.55. The van der Waals surface area contributed by atoms with Gasteiger partial charge in [-0.25, -0.2) is 9.82 Å². The fraction of sp³-hybridized carbons (Fsp3) is 0.250. The minimum absolute atomic E-state index is 0.313. The molecular formula is C20H22BrFN4O2. The van der Waals surface area contributed by atoms with Crippen molar-refractivity contribution in [3.8, 4) is 0 Å². The summed E-state index contributed by atoms with van der Waals surface area (Å²) in [5, 5.41) is 9.36. The first-order valence-corrected chi connectivity index (χ1v) is 9.58. The summed E-state index contributed by atoms with van der Waals surface area (Å²) in [4.78, 5) is 23.5. The molecule has 0 aliphatic carbocycles. The van der Waals surface area contributed by atoms with E-state index in [9.17, 15) is 14.0 Å². The van der Waals surface area contributed by atoms with Crippen LogP contribution >= 0.6 is 15.9 Å². The summed E-state index contributed by atoms with van der Waals surface area (Å²) in [7, 11) is 0. The van der Waals surface area contributed by atoms with Crippen LogP contribution in [0.1, 0.15) is 25.8 Å². The minimum Gasteiger partial charge on any atom is -0.353 e. The summed E-state index contributed by atoms with van der Waals surface area (Å²) >= 11 is 3.37. The highest BCUT2D eigenvalue weighted by molar-refractivity contribution is 9.10. The van der Waals surface area contributed by atoms with Crippen LogP contribution in [0.25, 0.3) is 0 Å². The van der Waals surface area contributed by atoms with Gasteiger partial charge in [0.05, 0.1) is 11.9 Å². The van der Waals surface area contributed by atoms with Crippen LogP contribution in [0, 0.1) is 11.7 Å². The van der Waals surface area contributed by atoms with Gasteiger partial charge in [0, 0.05) is 22.3 Å². The lowest BCUT2D eigenvalue weighted by molar-refractivity contribution is -0.139. The lowest BCUT2D eigenvalue weighted by Gasteiger charge is -2.11. The predicted octanol–water partition coefficient (Wildman–Crippen LogP) is 3.94. The molecule has 0 unspecified atom stereocenters. The molecule has 3 N–H and O–H groups in total. The largest absolute Gasteiger partial charge is 0.353 e. The third kappa shape index (κ3) is 6.77. The summed E-state index contributed by atoms with van der Waals surface area (Å²) < 4.78 is 14.7. The molecular weight excluding hydrogens is 427 g/mol. The lowest BCUT2D eigenvalue weighted by atomic mass is 10.1. The van der Waals surface area contributed by atoms with Crippen molar-refractivity contribution in [3.63, 3.8) is 0 Å². The number of hydrogen-bond acceptors (Lipinski definition) is 4. The van der Waals surface area contributed by atoms with Gasteiger partial charge in [-0.3, -0.25) is 9.59 Å². The number of nitrogens with one attached hydrogen (secondary N) is 3. The summed E-state index contributed by atoms with van der Waals surface area (Å²) in [5.41, 5.74) is 3.69. The second-order valence-electron chi connectivity index (χ2n) is 6.47. The van der Waals surface area contributed by atoms with Gasteiger partial charge in [0.15, 0.2) is 0 Å². The van der Waals surface area contributed by atoms with Gasteiger partial charge in [0.25, 0.3) is 0 Å². The van der Waals surface area contributed by atoms with Crippen LogP contribution in [0.4, 0.5) is 15.8 Å². The predicted molar refractivity (Wildman–Crippen MR) is 112 cm³/mol. The minimum atomic E-state index is -0.849. The van der Waals surface area contributed by atoms with Crippen molar-refractivity contribution in [3.05, 3.63) is 58.3 Å². The SMILES string of the molecule is CC(C)CCNC(=O)C(=O)N/N=C\c1cc(Br)ccc1Nc1ccccc1F. The Kier molecular flexibility index (Phi) is 8.13. The molecule has 8 heteroatoms. The molecule has 2 aromatic rings. The molecule has 0 heterocycles. The Labute approximate surface area is 171 Å². The van der Waals surface area contributed by atoms with Gasteiger partial charge in [-0.2, -0.15) is 5.10 Å². The van der Waals surface area contributed by atoms with Crippen LogP contribution in [-0.2, 0) is 9.59 Å². The standard InChI is InChI=1S/C20H22BrFN4O2/c1-13(2)9-10-23-19(27)20(28)26-24-12-14-11-15(21)7-8-17(14)25-18-6-4-3-5-16(18)22/h3-8,11-13,25H,9-10H2,1-2H3,(H,23,27)(H,26,28)/b24-12-. The fourth-order valence-corrected chi connectivity index (χ4v) is 2.61. The zero-order valence-electron chi connectivity index (χ0n) is 15.6. The molecule has 28 heavy (non-hydrogen) atoms. The number of benzene rings is 2. The van der Waals surface area contributed by atoms with Gasteiger partial charge in [0.2, 0.25) is 0 Å². The zero-order valence-corrected chi connectivity index (χ0v) is 17.2. The van der Waals surface area contributed by atoms with Gasteiger partial charge < -0.3 is 10.6 Å². The number of carbonyl (C=O) groups excluding carboxylic acids is 2. The first kappa shape index (κ1) is 21.6. The van der Waals surface area contributed by atoms with Crippen molar-refractivity contribution in [1.29, 1.82) is 0 Å². The van der Waals surface area contributed by atoms with Gasteiger partial charge in [-0.05, 0) is 42.7 Å². The highest BCUT2D eigenvalue weighted by Crippen LogP contribution is 2.24. The number of amides is 2. The summed E-state index contributed by atoms with van der Waals surface area (Å²) in [6, 6.07) is 11.6. The van der Waals surface area contributed by atoms with Crippen molar-refractivity contribution in [1.82, 2.24) is 10.7 Å². The average molecular weight is 449 g/mol. The monoisotopic (exact) mass is 448 g/mol. The van der Waals surface area contributed by atoms with Crippen LogP contribution in [0.3, 0.4) is 0 Å². The maximum atomic E-state index is 13.9. The quantitative estimate of drug-likeness (QED) is 0.340. The second-order valence-corrected chi connectivity index (χ2v) is 7.39. The van der Waals surface area contributed by atoms with E-state index in [1.807, 2.05) is 13.8 Å². The Morgan fingerprint density at radius 2 is 1.89 bits per heavy atom. The van der Waals surface area contributed by atoms with E-state index in [4.69, 9.17) is 0 Å². The van der Waals surface area contributed by atoms with E-state index >= 15 is 0 Å². The highest BCUT2D eigenvalue weighted by Gasteiger charge is 2.12. The first-order chi connectivity index (χ1) is 13.4. The van der Waals surface area contributed by atoms with Crippen molar-refractivity contribution < 1.29 is 14.0 Å². The van der Waals surface area contributed by atoms with Crippen molar-refractivity contribution in [2.24, 2.45) is 11.0 Å². The molecule has 0 saturated carbocycles. The Hall–Kier alpha value is -2.74. The first-order valence-electron chi connectivity index (χ1n) is 8.79. The van der Waals surface area contributed by atoms with Gasteiger partial charge >= 0.3 is 11.8 Å². The van der Waals surface area contributed by atoms with Crippen molar-refractivity contribution in [2.45, 2.75) is 20.3 Å². The smallest absolute Gasteiger partial charge is 0.329 e. The topological polar surface area (TPSA) is 82.6 Å². The third-order valence-corrected chi connectivity index (χ3v) is 4.23. The van der Waals surface area contributed by atoms with E-state index in [1.165, 1.54) is 12.3 Å². The molecule has 0 fully saturated rings. The van der Waals surface area contributed by atoms with E-state index in [1.54, 1.807) is 36.4 Å². The average Bonchev–Trinajstić information content (AvgIpc) is 2.65. The molecule has 2 aromatic carbocycles. The molecule has 2 rings (SSSR count). The maximum absolute atomic E-state index is 13.9. The molecule has 0 spiro atoms. The maximum Gasteiger partial charge on any atom is 0.329 e. The molecule has 0 aromatic heterocycles. The van der Waals surface area contributed by atoms with E-state index in [-0.39, 0.29) is 5.82 Å². The van der Waals surface area contributed by atoms with E-state index in [0.717, 1.165) is 10.9 Å². The molecule has 148 valence electrons. The number of anilines is 2. The van der Waals surface area contributed by atoms with E-state index in [2.05, 4.69) is 37.1 Å². The van der Waals surface area contributed by atoms with E-state index in [0.29, 0.717) is 29.4 Å². The lowest BCUT2D eigenvalue weighted by Crippen LogP contribution is -2.38. The third-order valence-electron chi connectivity index (χ3n) is 3.74. The Morgan fingerprint density at radius 1 is 1.14 bits per heavy atom.